The molecule has 0 spiro atoms. The summed E-state index contributed by atoms with van der Waals surface area (Å²) in [6.45, 7) is 1.89. The Kier molecular flexibility index (Phi) is 3.22. The molecule has 0 amide bonds. The highest BCUT2D eigenvalue weighted by molar-refractivity contribution is 9.10. The number of benzene rings is 2. The molecule has 0 radical (unpaired) electrons. The fraction of sp³-hybridized carbons (Fsp3) is 0.0714. The van der Waals surface area contributed by atoms with E-state index < -0.39 is 11.6 Å². The second-order valence-electron chi connectivity index (χ2n) is 4.45. The van der Waals surface area contributed by atoms with Crippen LogP contribution in [-0.2, 0) is 0 Å². The molecule has 1 heterocycles. The normalized spacial score (nSPS) is 11.2. The van der Waals surface area contributed by atoms with Gasteiger partial charge in [0.2, 0.25) is 0 Å². The lowest BCUT2D eigenvalue weighted by molar-refractivity contribution is 0.514. The standard InChI is InChI=1S/C14H9BrF2N2S/c1-7-6-8(15)2-5-11(7)19-13-10(18-14(19)20)4-3-9(16)12(13)17/h2-6H,1H3,(H,18,20). The van der Waals surface area contributed by atoms with Gasteiger partial charge in [0.15, 0.2) is 16.4 Å². The zero-order chi connectivity index (χ0) is 14.4. The van der Waals surface area contributed by atoms with E-state index in [4.69, 9.17) is 12.2 Å². The van der Waals surface area contributed by atoms with Crippen molar-refractivity contribution < 1.29 is 8.78 Å². The number of nitrogens with zero attached hydrogens (tertiary/aromatic N) is 1. The van der Waals surface area contributed by atoms with Gasteiger partial charge in [0.05, 0.1) is 11.2 Å². The Balaban J connectivity index is 2.44. The predicted octanol–water partition coefficient (Wildman–Crippen LogP) is 5.04. The topological polar surface area (TPSA) is 20.7 Å². The average Bonchev–Trinajstić information content (AvgIpc) is 2.72. The van der Waals surface area contributed by atoms with Crippen molar-refractivity contribution >= 4 is 39.2 Å². The van der Waals surface area contributed by atoms with Crippen LogP contribution in [0.3, 0.4) is 0 Å². The van der Waals surface area contributed by atoms with Crippen molar-refractivity contribution in [3.05, 3.63) is 56.8 Å². The number of H-pyrrole nitrogens is 1. The number of hydrogen-bond acceptors (Lipinski definition) is 1. The zero-order valence-corrected chi connectivity index (χ0v) is 12.8. The lowest BCUT2D eigenvalue weighted by Crippen LogP contribution is -1.99. The number of aryl methyl sites for hydroxylation is 1. The number of halogens is 3. The van der Waals surface area contributed by atoms with Crippen LogP contribution in [0.15, 0.2) is 34.8 Å². The van der Waals surface area contributed by atoms with E-state index in [0.717, 1.165) is 16.1 Å². The number of fused-ring (bicyclic) bond motifs is 1. The van der Waals surface area contributed by atoms with E-state index in [-0.39, 0.29) is 5.52 Å². The molecule has 3 rings (SSSR count). The minimum atomic E-state index is -0.905. The maximum Gasteiger partial charge on any atom is 0.184 e. The van der Waals surface area contributed by atoms with E-state index in [2.05, 4.69) is 20.9 Å². The van der Waals surface area contributed by atoms with Crippen LogP contribution in [0, 0.1) is 23.3 Å². The molecule has 0 fully saturated rings. The maximum absolute atomic E-state index is 14.1. The first-order valence-electron chi connectivity index (χ1n) is 5.84. The predicted molar refractivity (Wildman–Crippen MR) is 80.8 cm³/mol. The first-order chi connectivity index (χ1) is 9.49. The molecule has 0 saturated carbocycles. The Morgan fingerprint density at radius 1 is 1.20 bits per heavy atom. The van der Waals surface area contributed by atoms with Crippen LogP contribution in [0.5, 0.6) is 0 Å². The Hall–Kier alpha value is -1.53. The van der Waals surface area contributed by atoms with Gasteiger partial charge in [-0.2, -0.15) is 0 Å². The van der Waals surface area contributed by atoms with Crippen molar-refractivity contribution in [3.8, 4) is 5.69 Å². The third-order valence-electron chi connectivity index (χ3n) is 3.14. The summed E-state index contributed by atoms with van der Waals surface area (Å²) in [6, 6.07) is 8.11. The lowest BCUT2D eigenvalue weighted by atomic mass is 10.2. The fourth-order valence-electron chi connectivity index (χ4n) is 2.23. The molecule has 0 aliphatic rings. The van der Waals surface area contributed by atoms with Gasteiger partial charge in [0, 0.05) is 4.47 Å². The number of hydrogen-bond donors (Lipinski definition) is 1. The van der Waals surface area contributed by atoms with Gasteiger partial charge in [-0.1, -0.05) is 15.9 Å². The number of aromatic amines is 1. The second kappa shape index (κ2) is 4.79. The smallest absolute Gasteiger partial charge is 0.184 e. The molecule has 0 unspecified atom stereocenters. The molecule has 0 atom stereocenters. The molecule has 2 aromatic carbocycles. The molecule has 2 nitrogen and oxygen atoms in total. The molecule has 1 N–H and O–H groups in total. The first kappa shape index (κ1) is 13.5. The van der Waals surface area contributed by atoms with Crippen LogP contribution in [-0.4, -0.2) is 9.55 Å². The third-order valence-corrected chi connectivity index (χ3v) is 3.91. The number of rotatable bonds is 1. The molecule has 0 aliphatic heterocycles. The van der Waals surface area contributed by atoms with Crippen LogP contribution in [0.4, 0.5) is 8.78 Å². The second-order valence-corrected chi connectivity index (χ2v) is 5.76. The summed E-state index contributed by atoms with van der Waals surface area (Å²) in [7, 11) is 0. The molecule has 6 heteroatoms. The maximum atomic E-state index is 14.1. The lowest BCUT2D eigenvalue weighted by Gasteiger charge is -2.09. The quantitative estimate of drug-likeness (QED) is 0.607. The number of nitrogens with one attached hydrogen (secondary N) is 1. The van der Waals surface area contributed by atoms with Gasteiger partial charge >= 0.3 is 0 Å². The van der Waals surface area contributed by atoms with Gasteiger partial charge in [-0.3, -0.25) is 4.57 Å². The van der Waals surface area contributed by atoms with Gasteiger partial charge in [0.1, 0.15) is 5.52 Å². The average molecular weight is 355 g/mol. The molecular formula is C14H9BrF2N2S. The Morgan fingerprint density at radius 3 is 2.65 bits per heavy atom. The summed E-state index contributed by atoms with van der Waals surface area (Å²) in [5, 5.41) is 0. The molecule has 0 aliphatic carbocycles. The van der Waals surface area contributed by atoms with Gasteiger partial charge in [0.25, 0.3) is 0 Å². The summed E-state index contributed by atoms with van der Waals surface area (Å²) in [4.78, 5) is 2.89. The number of imidazole rings is 1. The van der Waals surface area contributed by atoms with E-state index in [1.807, 2.05) is 25.1 Å². The van der Waals surface area contributed by atoms with Gasteiger partial charge < -0.3 is 4.98 Å². The first-order valence-corrected chi connectivity index (χ1v) is 7.04. The van der Waals surface area contributed by atoms with Gasteiger partial charge in [-0.25, -0.2) is 8.78 Å². The minimum Gasteiger partial charge on any atom is -0.330 e. The summed E-state index contributed by atoms with van der Waals surface area (Å²) in [6.07, 6.45) is 0. The minimum absolute atomic E-state index is 0.125. The molecule has 102 valence electrons. The van der Waals surface area contributed by atoms with Gasteiger partial charge in [-0.05, 0) is 55.0 Å². The van der Waals surface area contributed by atoms with E-state index in [0.29, 0.717) is 16.0 Å². The Morgan fingerprint density at radius 2 is 1.95 bits per heavy atom. The highest BCUT2D eigenvalue weighted by Gasteiger charge is 2.15. The third kappa shape index (κ3) is 1.99. The zero-order valence-electron chi connectivity index (χ0n) is 10.4. The van der Waals surface area contributed by atoms with Crippen molar-refractivity contribution in [2.45, 2.75) is 6.92 Å². The van der Waals surface area contributed by atoms with Crippen molar-refractivity contribution in [1.82, 2.24) is 9.55 Å². The van der Waals surface area contributed by atoms with E-state index in [1.54, 1.807) is 0 Å². The molecule has 0 saturated heterocycles. The largest absolute Gasteiger partial charge is 0.330 e. The summed E-state index contributed by atoms with van der Waals surface area (Å²) >= 11 is 8.61. The molecule has 20 heavy (non-hydrogen) atoms. The monoisotopic (exact) mass is 354 g/mol. The van der Waals surface area contributed by atoms with Crippen molar-refractivity contribution in [2.24, 2.45) is 0 Å². The van der Waals surface area contributed by atoms with Crippen LogP contribution in [0.2, 0.25) is 0 Å². The molecular weight excluding hydrogens is 346 g/mol. The Labute approximate surface area is 127 Å². The van der Waals surface area contributed by atoms with Crippen molar-refractivity contribution in [3.63, 3.8) is 0 Å². The van der Waals surface area contributed by atoms with Crippen LogP contribution in [0.1, 0.15) is 5.56 Å². The molecule has 1 aromatic heterocycles. The summed E-state index contributed by atoms with van der Waals surface area (Å²) in [5.74, 6) is -1.80. The Bertz CT molecular complexity index is 883. The van der Waals surface area contributed by atoms with Crippen LogP contribution in [0.25, 0.3) is 16.7 Å². The van der Waals surface area contributed by atoms with Crippen LogP contribution < -0.4 is 0 Å². The summed E-state index contributed by atoms with van der Waals surface area (Å²) < 4.78 is 30.3. The van der Waals surface area contributed by atoms with Gasteiger partial charge in [-0.15, -0.1) is 0 Å². The highest BCUT2D eigenvalue weighted by atomic mass is 79.9. The van der Waals surface area contributed by atoms with E-state index in [9.17, 15) is 8.78 Å². The summed E-state index contributed by atoms with van der Waals surface area (Å²) in [5.41, 5.74) is 2.21. The van der Waals surface area contributed by atoms with E-state index in [1.165, 1.54) is 10.6 Å². The van der Waals surface area contributed by atoms with Crippen LogP contribution >= 0.6 is 28.1 Å². The SMILES string of the molecule is Cc1cc(Br)ccc1-n1c(=S)[nH]c2ccc(F)c(F)c21. The fourth-order valence-corrected chi connectivity index (χ4v) is 3.01. The number of aromatic nitrogens is 2. The van der Waals surface area contributed by atoms with E-state index >= 15 is 0 Å². The highest BCUT2D eigenvalue weighted by Crippen LogP contribution is 2.27. The van der Waals surface area contributed by atoms with Crippen molar-refractivity contribution in [2.75, 3.05) is 0 Å². The van der Waals surface area contributed by atoms with Crippen molar-refractivity contribution in [1.29, 1.82) is 0 Å². The molecule has 0 bridgehead atoms. The molecule has 3 aromatic rings.